The molecule has 0 radical (unpaired) electrons. The van der Waals surface area contributed by atoms with E-state index in [-0.39, 0.29) is 21.7 Å². The van der Waals surface area contributed by atoms with Gasteiger partial charge in [0.2, 0.25) is 11.7 Å². The number of hydrogen-bond acceptors (Lipinski definition) is 7. The van der Waals surface area contributed by atoms with Gasteiger partial charge in [-0.1, -0.05) is 18.2 Å². The van der Waals surface area contributed by atoms with Gasteiger partial charge in [0.1, 0.15) is 23.7 Å². The highest BCUT2D eigenvalue weighted by molar-refractivity contribution is 7.89. The Morgan fingerprint density at radius 2 is 1.68 bits per heavy atom. The van der Waals surface area contributed by atoms with Gasteiger partial charge in [-0.3, -0.25) is 9.59 Å². The molecule has 0 aromatic heterocycles. The van der Waals surface area contributed by atoms with E-state index >= 15 is 0 Å². The summed E-state index contributed by atoms with van der Waals surface area (Å²) >= 11 is 0. The van der Waals surface area contributed by atoms with Crippen LogP contribution in [0.1, 0.15) is 15.9 Å². The number of aliphatic hydroxyl groups excluding tert-OH is 1. The second-order valence-corrected chi connectivity index (χ2v) is 9.72. The molecule has 0 saturated heterocycles. The number of alkyl halides is 3. The van der Waals surface area contributed by atoms with Gasteiger partial charge in [-0.25, -0.2) is 12.7 Å². The second kappa shape index (κ2) is 10.1. The van der Waals surface area contributed by atoms with Crippen molar-refractivity contribution in [2.24, 2.45) is 0 Å². The fourth-order valence-electron chi connectivity index (χ4n) is 3.74. The van der Waals surface area contributed by atoms with E-state index in [1.165, 1.54) is 67.8 Å². The van der Waals surface area contributed by atoms with Crippen LogP contribution in [0.4, 0.5) is 18.9 Å². The molecule has 1 heterocycles. The maximum atomic E-state index is 13.5. The van der Waals surface area contributed by atoms with E-state index in [9.17, 15) is 36.3 Å². The summed E-state index contributed by atoms with van der Waals surface area (Å²) in [5.74, 6) is -2.72. The highest BCUT2D eigenvalue weighted by atomic mass is 32.2. The van der Waals surface area contributed by atoms with Gasteiger partial charge in [-0.15, -0.1) is 13.2 Å². The maximum absolute atomic E-state index is 13.5. The van der Waals surface area contributed by atoms with Crippen molar-refractivity contribution in [2.45, 2.75) is 11.3 Å². The monoisotopic (exact) mass is 548 g/mol. The van der Waals surface area contributed by atoms with Crippen molar-refractivity contribution in [3.05, 3.63) is 89.6 Å². The van der Waals surface area contributed by atoms with Gasteiger partial charge in [0.05, 0.1) is 12.0 Å². The minimum absolute atomic E-state index is 0.0751. The van der Waals surface area contributed by atoms with Crippen molar-refractivity contribution >= 4 is 33.2 Å². The van der Waals surface area contributed by atoms with Gasteiger partial charge < -0.3 is 19.9 Å². The predicted molar refractivity (Wildman–Crippen MR) is 129 cm³/mol. The van der Waals surface area contributed by atoms with E-state index < -0.39 is 51.8 Å². The molecule has 0 spiro atoms. The number of sulfonamides is 1. The molecule has 4 rings (SSSR count). The number of methoxy groups -OCH3 is 1. The smallest absolute Gasteiger partial charge is 0.505 e. The van der Waals surface area contributed by atoms with Crippen LogP contribution in [0.5, 0.6) is 11.5 Å². The van der Waals surface area contributed by atoms with Crippen molar-refractivity contribution < 1.29 is 45.8 Å². The first-order valence-electron chi connectivity index (χ1n) is 10.8. The predicted octanol–water partition coefficient (Wildman–Crippen LogP) is 4.35. The molecule has 3 aromatic rings. The first-order chi connectivity index (χ1) is 17.9. The lowest BCUT2D eigenvalue weighted by molar-refractivity contribution is -0.274. The van der Waals surface area contributed by atoms with Crippen LogP contribution in [0, 0.1) is 0 Å². The Balaban J connectivity index is 1.73. The van der Waals surface area contributed by atoms with Gasteiger partial charge in [0.15, 0.2) is 5.76 Å². The summed E-state index contributed by atoms with van der Waals surface area (Å²) in [5.41, 5.74) is -0.914. The van der Waals surface area contributed by atoms with Crippen molar-refractivity contribution in [1.82, 2.24) is 4.31 Å². The summed E-state index contributed by atoms with van der Waals surface area (Å²) in [7, 11) is -3.09. The number of aliphatic hydroxyl groups is 1. The standard InChI is InChI=1S/C25H19F3N2O7S/c1-36-17-11-9-15(10-12-17)23(32)22-24(33)19-7-2-3-8-20(19)38(34,35)30(22)14-21(31)29-16-5-4-6-18(13-16)37-25(26,27)28/h2-13,32H,14H2,1H3,(H,29,31)/b23-22+. The number of ketones is 1. The number of amides is 1. The van der Waals surface area contributed by atoms with Crippen molar-refractivity contribution in [1.29, 1.82) is 0 Å². The fourth-order valence-corrected chi connectivity index (χ4v) is 5.36. The number of hydrogen-bond donors (Lipinski definition) is 2. The normalized spacial score (nSPS) is 15.9. The summed E-state index contributed by atoms with van der Waals surface area (Å²) in [6.07, 6.45) is -4.96. The third-order valence-corrected chi connectivity index (χ3v) is 7.19. The van der Waals surface area contributed by atoms with Gasteiger partial charge in [-0.2, -0.15) is 0 Å². The molecule has 1 aliphatic rings. The Morgan fingerprint density at radius 3 is 2.34 bits per heavy atom. The minimum atomic E-state index is -4.96. The molecule has 38 heavy (non-hydrogen) atoms. The molecule has 0 atom stereocenters. The van der Waals surface area contributed by atoms with Crippen molar-refractivity contribution in [3.63, 3.8) is 0 Å². The van der Waals surface area contributed by atoms with Crippen LogP contribution < -0.4 is 14.8 Å². The molecular formula is C25H19F3N2O7S. The molecule has 13 heteroatoms. The third-order valence-electron chi connectivity index (χ3n) is 5.39. The Morgan fingerprint density at radius 1 is 1.00 bits per heavy atom. The number of carbonyl (C=O) groups excluding carboxylic acids is 2. The molecule has 0 unspecified atom stereocenters. The maximum Gasteiger partial charge on any atom is 0.573 e. The average molecular weight is 548 g/mol. The fraction of sp³-hybridized carbons (Fsp3) is 0.120. The van der Waals surface area contributed by atoms with Crippen LogP contribution in [-0.4, -0.2) is 49.5 Å². The number of anilines is 1. The first-order valence-corrected chi connectivity index (χ1v) is 12.2. The van der Waals surface area contributed by atoms with Crippen LogP contribution in [-0.2, 0) is 14.8 Å². The number of rotatable bonds is 6. The second-order valence-electron chi connectivity index (χ2n) is 7.89. The number of carbonyl (C=O) groups is 2. The minimum Gasteiger partial charge on any atom is -0.505 e. The molecule has 0 saturated carbocycles. The topological polar surface area (TPSA) is 122 Å². The van der Waals surface area contributed by atoms with E-state index in [0.29, 0.717) is 10.1 Å². The van der Waals surface area contributed by atoms with Crippen LogP contribution in [0.15, 0.2) is 83.4 Å². The zero-order chi connectivity index (χ0) is 27.7. The number of allylic oxidation sites excluding steroid dienone is 1. The number of benzene rings is 3. The Hall–Kier alpha value is -4.52. The van der Waals surface area contributed by atoms with E-state index in [2.05, 4.69) is 10.1 Å². The highest BCUT2D eigenvalue weighted by Gasteiger charge is 2.42. The van der Waals surface area contributed by atoms with Crippen LogP contribution in [0.3, 0.4) is 0 Å². The molecule has 0 fully saturated rings. The molecule has 9 nitrogen and oxygen atoms in total. The molecule has 1 amide bonds. The Labute approximate surface area is 214 Å². The summed E-state index contributed by atoms with van der Waals surface area (Å²) in [6, 6.07) is 15.4. The van der Waals surface area contributed by atoms with E-state index in [1.807, 2.05) is 0 Å². The summed E-state index contributed by atoms with van der Waals surface area (Å²) in [6.45, 7) is -0.970. The van der Waals surface area contributed by atoms with Gasteiger partial charge in [-0.05, 0) is 48.5 Å². The SMILES string of the molecule is COc1ccc(/C(O)=C2/C(=O)c3ccccc3S(=O)(=O)N2CC(=O)Nc2cccc(OC(F)(F)F)c2)cc1. The summed E-state index contributed by atoms with van der Waals surface area (Å²) in [5, 5.41) is 13.3. The van der Waals surface area contributed by atoms with Crippen LogP contribution in [0.25, 0.3) is 5.76 Å². The molecular weight excluding hydrogens is 529 g/mol. The number of Topliss-reactive ketones (excluding diaryl/α,β-unsaturated/α-hetero) is 1. The average Bonchev–Trinajstić information content (AvgIpc) is 2.86. The van der Waals surface area contributed by atoms with Crippen molar-refractivity contribution in [2.75, 3.05) is 19.0 Å². The first kappa shape index (κ1) is 26.5. The van der Waals surface area contributed by atoms with E-state index in [4.69, 9.17) is 4.74 Å². The van der Waals surface area contributed by atoms with Crippen LogP contribution >= 0.6 is 0 Å². The van der Waals surface area contributed by atoms with E-state index in [0.717, 1.165) is 12.1 Å². The van der Waals surface area contributed by atoms with Gasteiger partial charge >= 0.3 is 6.36 Å². The molecule has 0 aliphatic carbocycles. The number of halogens is 3. The number of fused-ring (bicyclic) bond motifs is 1. The molecule has 1 aliphatic heterocycles. The number of ether oxygens (including phenoxy) is 2. The molecule has 198 valence electrons. The van der Waals surface area contributed by atoms with E-state index in [1.54, 1.807) is 0 Å². The van der Waals surface area contributed by atoms with Crippen LogP contribution in [0.2, 0.25) is 0 Å². The van der Waals surface area contributed by atoms with Crippen molar-refractivity contribution in [3.8, 4) is 11.5 Å². The third kappa shape index (κ3) is 5.42. The lowest BCUT2D eigenvalue weighted by Crippen LogP contribution is -2.43. The summed E-state index contributed by atoms with van der Waals surface area (Å²) in [4.78, 5) is 25.9. The lowest BCUT2D eigenvalue weighted by atomic mass is 10.0. The molecule has 2 N–H and O–H groups in total. The quantitative estimate of drug-likeness (QED) is 0.347. The molecule has 3 aromatic carbocycles. The number of nitrogens with zero attached hydrogens (tertiary/aromatic N) is 1. The zero-order valence-electron chi connectivity index (χ0n) is 19.5. The zero-order valence-corrected chi connectivity index (χ0v) is 20.3. The largest absolute Gasteiger partial charge is 0.573 e. The number of nitrogens with one attached hydrogen (secondary N) is 1. The molecule has 0 bridgehead atoms. The lowest BCUT2D eigenvalue weighted by Gasteiger charge is -2.31. The summed E-state index contributed by atoms with van der Waals surface area (Å²) < 4.78 is 73.9. The Kier molecular flexibility index (Phi) is 7.05. The van der Waals surface area contributed by atoms with Gasteiger partial charge in [0, 0.05) is 22.9 Å². The highest BCUT2D eigenvalue weighted by Crippen LogP contribution is 2.35. The Bertz CT molecular complexity index is 1540. The van der Waals surface area contributed by atoms with Gasteiger partial charge in [0.25, 0.3) is 10.0 Å².